The van der Waals surface area contributed by atoms with Crippen LogP contribution < -0.4 is 9.47 Å². The molecule has 3 aromatic rings. The summed E-state index contributed by atoms with van der Waals surface area (Å²) >= 11 is 0. The zero-order valence-electron chi connectivity index (χ0n) is 19.4. The van der Waals surface area contributed by atoms with E-state index in [4.69, 9.17) is 14.2 Å². The molecule has 4 rings (SSSR count). The maximum absolute atomic E-state index is 13.9. The number of para-hydroxylation sites is 1. The SMILES string of the molecule is CO[C@@]1(COc2ccccc2F)CCCN(Cc2ccc(OCc3nccn3C)cc2)CC1. The molecule has 1 atom stereocenters. The van der Waals surface area contributed by atoms with Gasteiger partial charge >= 0.3 is 0 Å². The molecule has 1 aliphatic rings. The summed E-state index contributed by atoms with van der Waals surface area (Å²) in [5, 5.41) is 0. The quantitative estimate of drug-likeness (QED) is 0.474. The van der Waals surface area contributed by atoms with Gasteiger partial charge in [-0.05, 0) is 55.6 Å². The smallest absolute Gasteiger partial charge is 0.165 e. The predicted molar refractivity (Wildman–Crippen MR) is 125 cm³/mol. The van der Waals surface area contributed by atoms with Crippen LogP contribution in [0.1, 0.15) is 30.7 Å². The van der Waals surface area contributed by atoms with Gasteiger partial charge in [0.1, 0.15) is 30.4 Å². The van der Waals surface area contributed by atoms with Crippen LogP contribution >= 0.6 is 0 Å². The van der Waals surface area contributed by atoms with E-state index in [9.17, 15) is 4.39 Å². The molecule has 2 aromatic carbocycles. The lowest BCUT2D eigenvalue weighted by atomic mass is 9.95. The number of nitrogens with zero attached hydrogens (tertiary/aromatic N) is 3. The Bertz CT molecular complexity index is 1020. The number of rotatable bonds is 9. The monoisotopic (exact) mass is 453 g/mol. The first-order chi connectivity index (χ1) is 16.1. The second kappa shape index (κ2) is 10.8. The Morgan fingerprint density at radius 1 is 1.03 bits per heavy atom. The first-order valence-corrected chi connectivity index (χ1v) is 11.4. The van der Waals surface area contributed by atoms with Crippen molar-refractivity contribution >= 4 is 0 Å². The summed E-state index contributed by atoms with van der Waals surface area (Å²) in [5.74, 6) is 1.66. The van der Waals surface area contributed by atoms with E-state index >= 15 is 0 Å². The Kier molecular flexibility index (Phi) is 7.62. The number of aromatic nitrogens is 2. The fraction of sp³-hybridized carbons (Fsp3) is 0.423. The minimum atomic E-state index is -0.403. The summed E-state index contributed by atoms with van der Waals surface area (Å²) in [6.07, 6.45) is 6.40. The molecule has 0 unspecified atom stereocenters. The van der Waals surface area contributed by atoms with Gasteiger partial charge < -0.3 is 18.8 Å². The van der Waals surface area contributed by atoms with Crippen molar-refractivity contribution in [2.24, 2.45) is 7.05 Å². The van der Waals surface area contributed by atoms with Crippen LogP contribution in [-0.4, -0.2) is 46.9 Å². The highest BCUT2D eigenvalue weighted by molar-refractivity contribution is 5.27. The first kappa shape index (κ1) is 23.3. The molecule has 0 aliphatic carbocycles. The Morgan fingerprint density at radius 3 is 2.58 bits per heavy atom. The lowest BCUT2D eigenvalue weighted by Crippen LogP contribution is -2.39. The molecule has 0 N–H and O–H groups in total. The summed E-state index contributed by atoms with van der Waals surface area (Å²) in [7, 11) is 3.68. The van der Waals surface area contributed by atoms with Crippen molar-refractivity contribution in [2.75, 3.05) is 26.8 Å². The van der Waals surface area contributed by atoms with Gasteiger partial charge in [0.25, 0.3) is 0 Å². The zero-order valence-corrected chi connectivity index (χ0v) is 19.4. The van der Waals surface area contributed by atoms with Gasteiger partial charge in [0.15, 0.2) is 11.6 Å². The number of likely N-dealkylation sites (tertiary alicyclic amines) is 1. The molecule has 2 heterocycles. The van der Waals surface area contributed by atoms with E-state index in [0.29, 0.717) is 13.2 Å². The van der Waals surface area contributed by atoms with Crippen molar-refractivity contribution in [1.82, 2.24) is 14.5 Å². The lowest BCUT2D eigenvalue weighted by Gasteiger charge is -2.31. The number of aryl methyl sites for hydroxylation is 1. The van der Waals surface area contributed by atoms with E-state index in [0.717, 1.165) is 50.5 Å². The number of hydrogen-bond acceptors (Lipinski definition) is 5. The molecule has 0 amide bonds. The van der Waals surface area contributed by atoms with Gasteiger partial charge in [0, 0.05) is 39.6 Å². The summed E-state index contributed by atoms with van der Waals surface area (Å²) in [6, 6.07) is 14.8. The molecule has 0 bridgehead atoms. The number of halogens is 1. The van der Waals surface area contributed by atoms with Crippen LogP contribution in [0, 0.1) is 5.82 Å². The van der Waals surface area contributed by atoms with Crippen LogP contribution in [0.2, 0.25) is 0 Å². The fourth-order valence-electron chi connectivity index (χ4n) is 4.19. The highest BCUT2D eigenvalue weighted by Crippen LogP contribution is 2.29. The zero-order chi connectivity index (χ0) is 23.1. The molecule has 1 saturated heterocycles. The highest BCUT2D eigenvalue weighted by Gasteiger charge is 2.34. The molecule has 6 nitrogen and oxygen atoms in total. The molecule has 33 heavy (non-hydrogen) atoms. The van der Waals surface area contributed by atoms with Crippen molar-refractivity contribution in [1.29, 1.82) is 0 Å². The maximum Gasteiger partial charge on any atom is 0.165 e. The molecule has 7 heteroatoms. The highest BCUT2D eigenvalue weighted by atomic mass is 19.1. The van der Waals surface area contributed by atoms with Gasteiger partial charge in [-0.15, -0.1) is 0 Å². The minimum Gasteiger partial charge on any atom is -0.488 e. The van der Waals surface area contributed by atoms with E-state index in [-0.39, 0.29) is 11.6 Å². The van der Waals surface area contributed by atoms with Crippen molar-refractivity contribution in [3.8, 4) is 11.5 Å². The third-order valence-electron chi connectivity index (χ3n) is 6.37. The molecule has 0 saturated carbocycles. The largest absolute Gasteiger partial charge is 0.488 e. The standard InChI is InChI=1S/C26H32FN3O3/c1-29-17-14-28-25(29)19-32-22-10-8-21(9-11-22)18-30-15-5-12-26(31-2,13-16-30)20-33-24-7-4-3-6-23(24)27/h3-4,6-11,14,17H,5,12-13,15-16,18-20H2,1-2H3/t26-/m0/s1. The van der Waals surface area contributed by atoms with Gasteiger partial charge in [-0.2, -0.15) is 0 Å². The molecular weight excluding hydrogens is 421 g/mol. The van der Waals surface area contributed by atoms with Gasteiger partial charge in [-0.1, -0.05) is 24.3 Å². The van der Waals surface area contributed by atoms with E-state index < -0.39 is 5.60 Å². The van der Waals surface area contributed by atoms with Crippen molar-refractivity contribution in [3.63, 3.8) is 0 Å². The fourth-order valence-corrected chi connectivity index (χ4v) is 4.19. The predicted octanol–water partition coefficient (Wildman–Crippen LogP) is 4.59. The Labute approximate surface area is 194 Å². The van der Waals surface area contributed by atoms with Crippen LogP contribution in [0.25, 0.3) is 0 Å². The first-order valence-electron chi connectivity index (χ1n) is 11.4. The summed E-state index contributed by atoms with van der Waals surface area (Å²) in [6.45, 7) is 3.55. The molecular formula is C26H32FN3O3. The maximum atomic E-state index is 13.9. The number of benzene rings is 2. The molecule has 176 valence electrons. The number of ether oxygens (including phenoxy) is 3. The van der Waals surface area contributed by atoms with Crippen LogP contribution in [0.5, 0.6) is 11.5 Å². The second-order valence-electron chi connectivity index (χ2n) is 8.62. The molecule has 0 radical (unpaired) electrons. The summed E-state index contributed by atoms with van der Waals surface area (Å²) in [4.78, 5) is 6.72. The topological polar surface area (TPSA) is 48.8 Å². The van der Waals surface area contributed by atoms with E-state index in [2.05, 4.69) is 22.0 Å². The van der Waals surface area contributed by atoms with Crippen molar-refractivity contribution < 1.29 is 18.6 Å². The van der Waals surface area contributed by atoms with E-state index in [1.165, 1.54) is 11.6 Å². The molecule has 1 fully saturated rings. The van der Waals surface area contributed by atoms with Gasteiger partial charge in [-0.3, -0.25) is 4.90 Å². The average Bonchev–Trinajstić information content (AvgIpc) is 3.14. The van der Waals surface area contributed by atoms with Gasteiger partial charge in [0.2, 0.25) is 0 Å². The third-order valence-corrected chi connectivity index (χ3v) is 6.37. The molecule has 1 aromatic heterocycles. The van der Waals surface area contributed by atoms with E-state index in [1.54, 1.807) is 31.5 Å². The Morgan fingerprint density at radius 2 is 1.85 bits per heavy atom. The molecule has 1 aliphatic heterocycles. The normalized spacial score (nSPS) is 19.2. The van der Waals surface area contributed by atoms with Crippen LogP contribution in [0.4, 0.5) is 4.39 Å². The Balaban J connectivity index is 1.29. The van der Waals surface area contributed by atoms with Crippen LogP contribution in [0.3, 0.4) is 0 Å². The number of imidazole rings is 1. The van der Waals surface area contributed by atoms with Crippen LogP contribution in [0.15, 0.2) is 60.9 Å². The van der Waals surface area contributed by atoms with Crippen LogP contribution in [-0.2, 0) is 24.9 Å². The van der Waals surface area contributed by atoms with Gasteiger partial charge in [0.05, 0.1) is 0 Å². The minimum absolute atomic E-state index is 0.278. The third kappa shape index (κ3) is 6.12. The van der Waals surface area contributed by atoms with Gasteiger partial charge in [-0.25, -0.2) is 9.37 Å². The van der Waals surface area contributed by atoms with Crippen molar-refractivity contribution in [2.45, 2.75) is 38.0 Å². The number of hydrogen-bond donors (Lipinski definition) is 0. The second-order valence-corrected chi connectivity index (χ2v) is 8.62. The van der Waals surface area contributed by atoms with E-state index in [1.807, 2.05) is 29.9 Å². The summed E-state index contributed by atoms with van der Waals surface area (Å²) in [5.41, 5.74) is 0.839. The lowest BCUT2D eigenvalue weighted by molar-refractivity contribution is -0.0548. The Hall–Kier alpha value is -2.90. The summed E-state index contributed by atoms with van der Waals surface area (Å²) < 4.78 is 33.5. The van der Waals surface area contributed by atoms with Crippen molar-refractivity contribution in [3.05, 3.63) is 78.1 Å². The number of methoxy groups -OCH3 is 1. The average molecular weight is 454 g/mol. The molecule has 0 spiro atoms.